The summed E-state index contributed by atoms with van der Waals surface area (Å²) in [4.78, 5) is 12.6. The first-order valence-corrected chi connectivity index (χ1v) is 6.40. The van der Waals surface area contributed by atoms with Gasteiger partial charge in [-0.25, -0.2) is 9.97 Å². The Labute approximate surface area is 120 Å². The Hall–Kier alpha value is -2.40. The molecule has 3 heterocycles. The maximum Gasteiger partial charge on any atom is 0.163 e. The molecule has 100 valence electrons. The number of aromatic nitrogens is 3. The number of halogens is 1. The molecule has 20 heavy (non-hydrogen) atoms. The van der Waals surface area contributed by atoms with Gasteiger partial charge >= 0.3 is 0 Å². The summed E-state index contributed by atoms with van der Waals surface area (Å²) in [5, 5.41) is 3.54. The van der Waals surface area contributed by atoms with Gasteiger partial charge in [0.2, 0.25) is 0 Å². The summed E-state index contributed by atoms with van der Waals surface area (Å²) >= 11 is 6.03. The summed E-state index contributed by atoms with van der Waals surface area (Å²) in [5.74, 6) is 2.03. The number of nitrogens with one attached hydrogen (secondary N) is 1. The van der Waals surface area contributed by atoms with Crippen LogP contribution in [0.4, 0.5) is 5.82 Å². The van der Waals surface area contributed by atoms with E-state index in [1.54, 1.807) is 24.7 Å². The molecule has 0 radical (unpaired) electrons. The van der Waals surface area contributed by atoms with Crippen molar-refractivity contribution in [3.8, 4) is 11.4 Å². The lowest BCUT2D eigenvalue weighted by Gasteiger charge is -2.06. The monoisotopic (exact) mass is 286 g/mol. The highest BCUT2D eigenvalue weighted by Gasteiger charge is 2.06. The lowest BCUT2D eigenvalue weighted by Crippen LogP contribution is -2.02. The Bertz CT molecular complexity index is 686. The summed E-state index contributed by atoms with van der Waals surface area (Å²) < 4.78 is 5.25. The van der Waals surface area contributed by atoms with Crippen LogP contribution in [0.15, 0.2) is 53.4 Å². The predicted molar refractivity (Wildman–Crippen MR) is 76.3 cm³/mol. The fraction of sp³-hybridized carbons (Fsp3) is 0.0714. The third-order valence-electron chi connectivity index (χ3n) is 2.66. The minimum Gasteiger partial charge on any atom is -0.467 e. The molecule has 0 unspecified atom stereocenters. The molecular weight excluding hydrogens is 276 g/mol. The molecule has 0 aromatic carbocycles. The van der Waals surface area contributed by atoms with Gasteiger partial charge in [0.15, 0.2) is 5.82 Å². The fourth-order valence-electron chi connectivity index (χ4n) is 1.73. The molecule has 1 N–H and O–H groups in total. The Balaban J connectivity index is 1.83. The average molecular weight is 287 g/mol. The SMILES string of the molecule is Clc1cc(NCc2ccco2)nc(-c2ccncc2)n1. The maximum absolute atomic E-state index is 6.03. The second-order valence-corrected chi connectivity index (χ2v) is 4.46. The summed E-state index contributed by atoms with van der Waals surface area (Å²) in [5.41, 5.74) is 0.864. The average Bonchev–Trinajstić information content (AvgIpc) is 2.99. The van der Waals surface area contributed by atoms with Gasteiger partial charge in [0.25, 0.3) is 0 Å². The van der Waals surface area contributed by atoms with Crippen LogP contribution in [0.25, 0.3) is 11.4 Å². The molecule has 0 aliphatic rings. The minimum absolute atomic E-state index is 0.383. The van der Waals surface area contributed by atoms with E-state index in [9.17, 15) is 0 Å². The molecule has 0 saturated carbocycles. The van der Waals surface area contributed by atoms with Crippen molar-refractivity contribution in [3.05, 3.63) is 59.9 Å². The van der Waals surface area contributed by atoms with E-state index in [4.69, 9.17) is 16.0 Å². The first-order valence-electron chi connectivity index (χ1n) is 6.02. The van der Waals surface area contributed by atoms with Crippen molar-refractivity contribution in [2.75, 3.05) is 5.32 Å². The van der Waals surface area contributed by atoms with Gasteiger partial charge in [-0.1, -0.05) is 11.6 Å². The normalized spacial score (nSPS) is 10.4. The van der Waals surface area contributed by atoms with Crippen molar-refractivity contribution >= 4 is 17.4 Å². The summed E-state index contributed by atoms with van der Waals surface area (Å²) in [6.45, 7) is 0.538. The molecular formula is C14H11ClN4O. The molecule has 0 spiro atoms. The van der Waals surface area contributed by atoms with Crippen molar-refractivity contribution < 1.29 is 4.42 Å². The van der Waals surface area contributed by atoms with Gasteiger partial charge in [0, 0.05) is 24.0 Å². The lowest BCUT2D eigenvalue weighted by atomic mass is 10.2. The highest BCUT2D eigenvalue weighted by atomic mass is 35.5. The van der Waals surface area contributed by atoms with Gasteiger partial charge in [-0.05, 0) is 24.3 Å². The van der Waals surface area contributed by atoms with E-state index in [0.717, 1.165) is 11.3 Å². The Morgan fingerprint density at radius 1 is 1.15 bits per heavy atom. The zero-order valence-corrected chi connectivity index (χ0v) is 11.2. The molecule has 0 saturated heterocycles. The lowest BCUT2D eigenvalue weighted by molar-refractivity contribution is 0.518. The molecule has 0 amide bonds. The van der Waals surface area contributed by atoms with E-state index in [-0.39, 0.29) is 0 Å². The van der Waals surface area contributed by atoms with Crippen LogP contribution in [-0.4, -0.2) is 15.0 Å². The van der Waals surface area contributed by atoms with Crippen molar-refractivity contribution in [2.24, 2.45) is 0 Å². The van der Waals surface area contributed by atoms with E-state index >= 15 is 0 Å². The van der Waals surface area contributed by atoms with Crippen molar-refractivity contribution in [3.63, 3.8) is 0 Å². The number of nitrogens with zero attached hydrogens (tertiary/aromatic N) is 3. The number of pyridine rings is 1. The highest BCUT2D eigenvalue weighted by molar-refractivity contribution is 6.29. The van der Waals surface area contributed by atoms with Gasteiger partial charge in [0.1, 0.15) is 16.7 Å². The first-order chi connectivity index (χ1) is 9.81. The van der Waals surface area contributed by atoms with Crippen LogP contribution in [-0.2, 0) is 6.54 Å². The molecule has 0 aliphatic carbocycles. The van der Waals surface area contributed by atoms with Crippen LogP contribution in [0, 0.1) is 0 Å². The van der Waals surface area contributed by atoms with Crippen LogP contribution < -0.4 is 5.32 Å². The van der Waals surface area contributed by atoms with Crippen LogP contribution >= 0.6 is 11.6 Å². The minimum atomic E-state index is 0.383. The molecule has 3 rings (SSSR count). The summed E-state index contributed by atoms with van der Waals surface area (Å²) in [6.07, 6.45) is 5.01. The van der Waals surface area contributed by atoms with Gasteiger partial charge in [-0.2, -0.15) is 0 Å². The number of rotatable bonds is 4. The van der Waals surface area contributed by atoms with Crippen LogP contribution in [0.1, 0.15) is 5.76 Å². The van der Waals surface area contributed by atoms with Crippen LogP contribution in [0.2, 0.25) is 5.15 Å². The second-order valence-electron chi connectivity index (χ2n) is 4.07. The predicted octanol–water partition coefficient (Wildman–Crippen LogP) is 3.40. The topological polar surface area (TPSA) is 63.8 Å². The molecule has 0 aliphatic heterocycles. The Morgan fingerprint density at radius 3 is 2.75 bits per heavy atom. The fourth-order valence-corrected chi connectivity index (χ4v) is 1.91. The highest BCUT2D eigenvalue weighted by Crippen LogP contribution is 2.20. The largest absolute Gasteiger partial charge is 0.467 e. The van der Waals surface area contributed by atoms with Gasteiger partial charge in [-0.3, -0.25) is 4.98 Å². The smallest absolute Gasteiger partial charge is 0.163 e. The first kappa shape index (κ1) is 12.6. The Kier molecular flexibility index (Phi) is 3.60. The van der Waals surface area contributed by atoms with Gasteiger partial charge in [-0.15, -0.1) is 0 Å². The summed E-state index contributed by atoms with van der Waals surface area (Å²) in [6, 6.07) is 9.07. The van der Waals surface area contributed by atoms with Crippen molar-refractivity contribution in [2.45, 2.75) is 6.54 Å². The molecule has 0 fully saturated rings. The van der Waals surface area contributed by atoms with Crippen molar-refractivity contribution in [1.82, 2.24) is 15.0 Å². The van der Waals surface area contributed by atoms with E-state index < -0.39 is 0 Å². The summed E-state index contributed by atoms with van der Waals surface area (Å²) in [7, 11) is 0. The number of furan rings is 1. The maximum atomic E-state index is 6.03. The molecule has 3 aromatic heterocycles. The molecule has 3 aromatic rings. The quantitative estimate of drug-likeness (QED) is 0.745. The van der Waals surface area contributed by atoms with E-state index in [2.05, 4.69) is 20.3 Å². The third-order valence-corrected chi connectivity index (χ3v) is 2.85. The molecule has 0 atom stereocenters. The molecule has 0 bridgehead atoms. The Morgan fingerprint density at radius 2 is 2.00 bits per heavy atom. The van der Waals surface area contributed by atoms with Crippen molar-refractivity contribution in [1.29, 1.82) is 0 Å². The van der Waals surface area contributed by atoms with Crippen LogP contribution in [0.5, 0.6) is 0 Å². The number of hydrogen-bond acceptors (Lipinski definition) is 5. The third kappa shape index (κ3) is 2.95. The van der Waals surface area contributed by atoms with E-state index in [0.29, 0.717) is 23.3 Å². The van der Waals surface area contributed by atoms with Gasteiger partial charge < -0.3 is 9.73 Å². The molecule has 6 heteroatoms. The zero-order valence-electron chi connectivity index (χ0n) is 10.5. The zero-order chi connectivity index (χ0) is 13.8. The van der Waals surface area contributed by atoms with E-state index in [1.807, 2.05) is 24.3 Å². The van der Waals surface area contributed by atoms with E-state index in [1.165, 1.54) is 0 Å². The second kappa shape index (κ2) is 5.71. The standard InChI is InChI=1S/C14H11ClN4O/c15-12-8-13(17-9-11-2-1-7-20-11)19-14(18-12)10-3-5-16-6-4-10/h1-8H,9H2,(H,17,18,19). The molecule has 5 nitrogen and oxygen atoms in total. The number of anilines is 1. The van der Waals surface area contributed by atoms with Gasteiger partial charge in [0.05, 0.1) is 12.8 Å². The van der Waals surface area contributed by atoms with Crippen LogP contribution in [0.3, 0.4) is 0 Å². The number of hydrogen-bond donors (Lipinski definition) is 1.